The number of hydrogen-bond donors (Lipinski definition) is 1. The van der Waals surface area contributed by atoms with E-state index in [2.05, 4.69) is 29.2 Å². The fourth-order valence-corrected chi connectivity index (χ4v) is 3.18. The summed E-state index contributed by atoms with van der Waals surface area (Å²) >= 11 is 0. The largest absolute Gasteiger partial charge is 0.352 e. The number of aryl methyl sites for hydroxylation is 1. The molecule has 0 radical (unpaired) electrons. The van der Waals surface area contributed by atoms with Crippen LogP contribution < -0.4 is 0 Å². The van der Waals surface area contributed by atoms with Crippen LogP contribution in [0.1, 0.15) is 22.5 Å². The van der Waals surface area contributed by atoms with Crippen LogP contribution in [0.25, 0.3) is 22.0 Å². The molecule has 4 rings (SSSR count). The van der Waals surface area contributed by atoms with E-state index in [0.29, 0.717) is 18.5 Å². The SMILES string of the molecule is O=C(CCc1cccc(-c2ccccc2)c1)c1cc2cc(F)ccc2[nH]1. The number of hydrogen-bond acceptors (Lipinski definition) is 1. The molecule has 0 aliphatic rings. The van der Waals surface area contributed by atoms with Crippen molar-refractivity contribution in [1.82, 2.24) is 4.98 Å². The first-order valence-electron chi connectivity index (χ1n) is 8.65. The Morgan fingerprint density at radius 2 is 1.65 bits per heavy atom. The normalized spacial score (nSPS) is 11.0. The minimum atomic E-state index is -0.298. The van der Waals surface area contributed by atoms with Crippen molar-refractivity contribution in [3.8, 4) is 11.1 Å². The zero-order valence-corrected chi connectivity index (χ0v) is 14.2. The van der Waals surface area contributed by atoms with Gasteiger partial charge in [-0.1, -0.05) is 54.6 Å². The van der Waals surface area contributed by atoms with Crippen molar-refractivity contribution < 1.29 is 9.18 Å². The van der Waals surface area contributed by atoms with Crippen LogP contribution in [-0.2, 0) is 6.42 Å². The molecule has 0 amide bonds. The molecule has 1 aromatic heterocycles. The van der Waals surface area contributed by atoms with Crippen molar-refractivity contribution in [1.29, 1.82) is 0 Å². The van der Waals surface area contributed by atoms with Crippen molar-refractivity contribution in [3.05, 3.63) is 95.9 Å². The molecule has 0 aliphatic carbocycles. The van der Waals surface area contributed by atoms with Crippen molar-refractivity contribution in [2.45, 2.75) is 12.8 Å². The third kappa shape index (κ3) is 3.42. The van der Waals surface area contributed by atoms with E-state index in [-0.39, 0.29) is 11.6 Å². The van der Waals surface area contributed by atoms with Crippen molar-refractivity contribution in [2.75, 3.05) is 0 Å². The highest BCUT2D eigenvalue weighted by Gasteiger charge is 2.10. The standard InChI is InChI=1S/C23H18FNO/c24-20-10-11-21-19(14-20)15-22(25-21)23(26)12-9-16-5-4-8-18(13-16)17-6-2-1-3-7-17/h1-8,10-11,13-15,25H,9,12H2. The van der Waals surface area contributed by atoms with Gasteiger partial charge in [-0.25, -0.2) is 4.39 Å². The summed E-state index contributed by atoms with van der Waals surface area (Å²) in [4.78, 5) is 15.6. The Balaban J connectivity index is 1.49. The minimum absolute atomic E-state index is 0.0340. The van der Waals surface area contributed by atoms with Gasteiger partial charge < -0.3 is 4.98 Å². The third-order valence-electron chi connectivity index (χ3n) is 4.56. The first-order valence-corrected chi connectivity index (χ1v) is 8.65. The Bertz CT molecular complexity index is 1070. The quantitative estimate of drug-likeness (QED) is 0.457. The van der Waals surface area contributed by atoms with Crippen LogP contribution in [0, 0.1) is 5.82 Å². The van der Waals surface area contributed by atoms with E-state index in [1.165, 1.54) is 17.7 Å². The van der Waals surface area contributed by atoms with Crippen LogP contribution in [0.4, 0.5) is 4.39 Å². The lowest BCUT2D eigenvalue weighted by Crippen LogP contribution is -2.01. The van der Waals surface area contributed by atoms with Gasteiger partial charge in [-0.15, -0.1) is 0 Å². The van der Waals surface area contributed by atoms with Gasteiger partial charge in [0, 0.05) is 17.3 Å². The van der Waals surface area contributed by atoms with Crippen LogP contribution in [0.2, 0.25) is 0 Å². The molecule has 1 heterocycles. The van der Waals surface area contributed by atoms with Crippen LogP contribution in [0.3, 0.4) is 0 Å². The summed E-state index contributed by atoms with van der Waals surface area (Å²) < 4.78 is 13.3. The number of H-pyrrole nitrogens is 1. The van der Waals surface area contributed by atoms with Crippen LogP contribution in [-0.4, -0.2) is 10.8 Å². The molecule has 3 heteroatoms. The van der Waals surface area contributed by atoms with Crippen molar-refractivity contribution in [2.24, 2.45) is 0 Å². The molecule has 0 atom stereocenters. The number of fused-ring (bicyclic) bond motifs is 1. The number of ketones is 1. The van der Waals surface area contributed by atoms with Gasteiger partial charge in [-0.3, -0.25) is 4.79 Å². The smallest absolute Gasteiger partial charge is 0.179 e. The van der Waals surface area contributed by atoms with Crippen molar-refractivity contribution in [3.63, 3.8) is 0 Å². The second-order valence-electron chi connectivity index (χ2n) is 6.40. The van der Waals surface area contributed by atoms with E-state index in [0.717, 1.165) is 22.0 Å². The predicted octanol–water partition coefficient (Wildman–Crippen LogP) is 5.79. The molecule has 0 aliphatic heterocycles. The summed E-state index contributed by atoms with van der Waals surface area (Å²) in [6.07, 6.45) is 1.08. The number of aromatic amines is 1. The maximum atomic E-state index is 13.3. The number of nitrogens with one attached hydrogen (secondary N) is 1. The number of rotatable bonds is 5. The number of benzene rings is 3. The summed E-state index contributed by atoms with van der Waals surface area (Å²) in [7, 11) is 0. The van der Waals surface area contributed by atoms with Gasteiger partial charge >= 0.3 is 0 Å². The van der Waals surface area contributed by atoms with Crippen LogP contribution in [0.15, 0.2) is 78.9 Å². The summed E-state index contributed by atoms with van der Waals surface area (Å²) in [6, 6.07) is 24.7. The molecule has 0 bridgehead atoms. The second-order valence-corrected chi connectivity index (χ2v) is 6.40. The molecule has 0 spiro atoms. The summed E-state index contributed by atoms with van der Waals surface area (Å²) in [5.74, 6) is -0.264. The predicted molar refractivity (Wildman–Crippen MR) is 103 cm³/mol. The van der Waals surface area contributed by atoms with E-state index in [9.17, 15) is 9.18 Å². The van der Waals surface area contributed by atoms with Gasteiger partial charge in [-0.2, -0.15) is 0 Å². The fourth-order valence-electron chi connectivity index (χ4n) is 3.18. The molecule has 0 unspecified atom stereocenters. The number of aromatic nitrogens is 1. The first kappa shape index (κ1) is 16.3. The lowest BCUT2D eigenvalue weighted by molar-refractivity contribution is 0.0979. The molecule has 4 aromatic rings. The molecule has 0 fully saturated rings. The zero-order valence-electron chi connectivity index (χ0n) is 14.2. The maximum absolute atomic E-state index is 13.3. The molecule has 3 aromatic carbocycles. The summed E-state index contributed by atoms with van der Waals surface area (Å²) in [5.41, 5.74) is 4.75. The first-order chi connectivity index (χ1) is 12.7. The number of halogens is 1. The lowest BCUT2D eigenvalue weighted by Gasteiger charge is -2.05. The topological polar surface area (TPSA) is 32.9 Å². The molecule has 26 heavy (non-hydrogen) atoms. The molecule has 1 N–H and O–H groups in total. The fraction of sp³-hybridized carbons (Fsp3) is 0.0870. The monoisotopic (exact) mass is 343 g/mol. The average Bonchev–Trinajstić information content (AvgIpc) is 3.10. The number of Topliss-reactive ketones (excluding diaryl/α,β-unsaturated/α-hetero) is 1. The molecular weight excluding hydrogens is 325 g/mol. The van der Waals surface area contributed by atoms with E-state index >= 15 is 0 Å². The minimum Gasteiger partial charge on any atom is -0.352 e. The van der Waals surface area contributed by atoms with Crippen LogP contribution in [0.5, 0.6) is 0 Å². The Morgan fingerprint density at radius 1 is 0.846 bits per heavy atom. The third-order valence-corrected chi connectivity index (χ3v) is 4.56. The van der Waals surface area contributed by atoms with Gasteiger partial charge in [0.1, 0.15) is 5.82 Å². The zero-order chi connectivity index (χ0) is 17.9. The lowest BCUT2D eigenvalue weighted by atomic mass is 10.00. The Kier molecular flexibility index (Phi) is 4.36. The molecule has 128 valence electrons. The molecular formula is C23H18FNO. The number of carbonyl (C=O) groups is 1. The maximum Gasteiger partial charge on any atom is 0.179 e. The van der Waals surface area contributed by atoms with E-state index in [1.54, 1.807) is 12.1 Å². The molecule has 0 saturated heterocycles. The Morgan fingerprint density at radius 3 is 2.50 bits per heavy atom. The van der Waals surface area contributed by atoms with Crippen LogP contribution >= 0.6 is 0 Å². The van der Waals surface area contributed by atoms with Gasteiger partial charge in [0.2, 0.25) is 0 Å². The highest BCUT2D eigenvalue weighted by molar-refractivity contribution is 5.99. The average molecular weight is 343 g/mol. The van der Waals surface area contributed by atoms with E-state index in [4.69, 9.17) is 0 Å². The van der Waals surface area contributed by atoms with Gasteiger partial charge in [-0.05, 0) is 47.4 Å². The molecule has 0 saturated carbocycles. The second kappa shape index (κ2) is 6.96. The molecule has 2 nitrogen and oxygen atoms in total. The Labute approximate surface area is 151 Å². The van der Waals surface area contributed by atoms with Gasteiger partial charge in [0.25, 0.3) is 0 Å². The number of carbonyl (C=O) groups excluding carboxylic acids is 1. The van der Waals surface area contributed by atoms with Gasteiger partial charge in [0.05, 0.1) is 5.69 Å². The highest BCUT2D eigenvalue weighted by Crippen LogP contribution is 2.22. The highest BCUT2D eigenvalue weighted by atomic mass is 19.1. The van der Waals surface area contributed by atoms with Gasteiger partial charge in [0.15, 0.2) is 5.78 Å². The summed E-state index contributed by atoms with van der Waals surface area (Å²) in [6.45, 7) is 0. The van der Waals surface area contributed by atoms with Crippen molar-refractivity contribution >= 4 is 16.7 Å². The summed E-state index contributed by atoms with van der Waals surface area (Å²) in [5, 5.41) is 0.722. The van der Waals surface area contributed by atoms with E-state index < -0.39 is 0 Å². The Hall–Kier alpha value is -3.20. The van der Waals surface area contributed by atoms with E-state index in [1.807, 2.05) is 30.3 Å².